The first-order valence-electron chi connectivity index (χ1n) is 6.91. The Balaban J connectivity index is 2.03. The normalized spacial score (nSPS) is 16.1. The molecule has 0 N–H and O–H groups in total. The van der Waals surface area contributed by atoms with Gasteiger partial charge in [0.05, 0.1) is 29.5 Å². The molecule has 1 saturated heterocycles. The number of anilines is 1. The van der Waals surface area contributed by atoms with E-state index in [1.54, 1.807) is 16.3 Å². The predicted molar refractivity (Wildman–Crippen MR) is 80.3 cm³/mol. The average molecular weight is 328 g/mol. The van der Waals surface area contributed by atoms with Gasteiger partial charge < -0.3 is 9.64 Å². The highest BCUT2D eigenvalue weighted by Gasteiger charge is 2.35. The van der Waals surface area contributed by atoms with Crippen molar-refractivity contribution in [1.82, 2.24) is 4.98 Å². The van der Waals surface area contributed by atoms with E-state index >= 15 is 0 Å². The molecule has 0 atom stereocenters. The lowest BCUT2D eigenvalue weighted by atomic mass is 10.0. The molecule has 0 radical (unpaired) electrons. The zero-order chi connectivity index (χ0) is 15.7. The van der Waals surface area contributed by atoms with E-state index in [0.717, 1.165) is 5.01 Å². The van der Waals surface area contributed by atoms with Crippen LogP contribution in [0.2, 0.25) is 0 Å². The van der Waals surface area contributed by atoms with Gasteiger partial charge in [-0.3, -0.25) is 0 Å². The molecule has 2 aromatic rings. The molecular weight excluding hydrogens is 313 g/mol. The molecule has 1 aromatic carbocycles. The van der Waals surface area contributed by atoms with Crippen molar-refractivity contribution >= 4 is 17.0 Å². The first-order chi connectivity index (χ1) is 10.4. The highest BCUT2D eigenvalue weighted by atomic mass is 32.1. The zero-order valence-corrected chi connectivity index (χ0v) is 12.8. The number of nitrogens with zero attached hydrogens (tertiary/aromatic N) is 2. The minimum absolute atomic E-state index is 0.214. The maximum atomic E-state index is 13.4. The van der Waals surface area contributed by atoms with Crippen molar-refractivity contribution in [2.75, 3.05) is 31.2 Å². The van der Waals surface area contributed by atoms with Crippen LogP contribution in [0.15, 0.2) is 23.6 Å². The molecule has 0 bridgehead atoms. The zero-order valence-electron chi connectivity index (χ0n) is 12.0. The number of rotatable bonds is 2. The molecule has 22 heavy (non-hydrogen) atoms. The number of thiazole rings is 1. The van der Waals surface area contributed by atoms with Crippen LogP contribution in [0.3, 0.4) is 0 Å². The van der Waals surface area contributed by atoms with Gasteiger partial charge in [0.25, 0.3) is 0 Å². The van der Waals surface area contributed by atoms with E-state index < -0.39 is 11.7 Å². The fourth-order valence-corrected chi connectivity index (χ4v) is 3.12. The van der Waals surface area contributed by atoms with Crippen LogP contribution in [-0.4, -0.2) is 31.3 Å². The average Bonchev–Trinajstić information content (AvgIpc) is 2.93. The molecule has 3 rings (SSSR count). The second-order valence-electron chi connectivity index (χ2n) is 5.08. The van der Waals surface area contributed by atoms with E-state index in [-0.39, 0.29) is 5.69 Å². The number of benzene rings is 1. The van der Waals surface area contributed by atoms with Crippen LogP contribution in [0.25, 0.3) is 11.3 Å². The lowest BCUT2D eigenvalue weighted by Crippen LogP contribution is -2.37. The van der Waals surface area contributed by atoms with Crippen molar-refractivity contribution in [1.29, 1.82) is 0 Å². The number of ether oxygens (including phenoxy) is 1. The summed E-state index contributed by atoms with van der Waals surface area (Å²) in [6.07, 6.45) is -4.39. The molecule has 1 fully saturated rings. The second-order valence-corrected chi connectivity index (χ2v) is 6.14. The van der Waals surface area contributed by atoms with Crippen molar-refractivity contribution in [2.45, 2.75) is 13.1 Å². The van der Waals surface area contributed by atoms with E-state index in [0.29, 0.717) is 37.6 Å². The number of morpholine rings is 1. The van der Waals surface area contributed by atoms with Gasteiger partial charge in [0.15, 0.2) is 0 Å². The maximum Gasteiger partial charge on any atom is 0.418 e. The van der Waals surface area contributed by atoms with Crippen molar-refractivity contribution in [3.63, 3.8) is 0 Å². The molecule has 0 spiro atoms. The molecule has 0 amide bonds. The molecule has 0 saturated carbocycles. The Morgan fingerprint density at radius 1 is 1.23 bits per heavy atom. The SMILES string of the molecule is Cc1nc(-c2ccc(N3CCOCC3)c(C(F)(F)F)c2)cs1. The third-order valence-electron chi connectivity index (χ3n) is 3.57. The summed E-state index contributed by atoms with van der Waals surface area (Å²) in [4.78, 5) is 5.99. The van der Waals surface area contributed by atoms with Crippen LogP contribution in [0.5, 0.6) is 0 Å². The fourth-order valence-electron chi connectivity index (χ4n) is 2.50. The van der Waals surface area contributed by atoms with Crippen LogP contribution < -0.4 is 4.90 Å². The van der Waals surface area contributed by atoms with Gasteiger partial charge in [-0.25, -0.2) is 4.98 Å². The van der Waals surface area contributed by atoms with Crippen molar-refractivity contribution in [2.24, 2.45) is 0 Å². The van der Waals surface area contributed by atoms with Gasteiger partial charge in [0.2, 0.25) is 0 Å². The number of aromatic nitrogens is 1. The van der Waals surface area contributed by atoms with E-state index in [2.05, 4.69) is 4.98 Å². The van der Waals surface area contributed by atoms with E-state index in [1.807, 2.05) is 6.92 Å². The summed E-state index contributed by atoms with van der Waals surface area (Å²) >= 11 is 1.43. The van der Waals surface area contributed by atoms with E-state index in [1.165, 1.54) is 23.5 Å². The number of alkyl halides is 3. The Kier molecular flexibility index (Phi) is 4.10. The standard InChI is InChI=1S/C15H15F3N2OS/c1-10-19-13(9-22-10)11-2-3-14(12(8-11)15(16,17)18)20-4-6-21-7-5-20/h2-3,8-9H,4-7H2,1H3. The summed E-state index contributed by atoms with van der Waals surface area (Å²) in [6, 6.07) is 4.44. The highest BCUT2D eigenvalue weighted by molar-refractivity contribution is 7.09. The van der Waals surface area contributed by atoms with Gasteiger partial charge in [-0.2, -0.15) is 13.2 Å². The molecule has 1 aromatic heterocycles. The molecule has 0 aliphatic carbocycles. The quantitative estimate of drug-likeness (QED) is 0.834. The third kappa shape index (κ3) is 3.10. The molecule has 1 aliphatic heterocycles. The second kappa shape index (κ2) is 5.89. The number of hydrogen-bond donors (Lipinski definition) is 0. The Hall–Kier alpha value is -1.60. The molecule has 3 nitrogen and oxygen atoms in total. The van der Waals surface area contributed by atoms with Gasteiger partial charge in [-0.1, -0.05) is 6.07 Å². The summed E-state index contributed by atoms with van der Waals surface area (Å²) in [5, 5.41) is 2.61. The first-order valence-corrected chi connectivity index (χ1v) is 7.79. The smallest absolute Gasteiger partial charge is 0.378 e. The van der Waals surface area contributed by atoms with E-state index in [4.69, 9.17) is 4.74 Å². The molecule has 0 unspecified atom stereocenters. The Bertz CT molecular complexity index is 663. The molecule has 1 aliphatic rings. The third-order valence-corrected chi connectivity index (χ3v) is 4.34. The number of hydrogen-bond acceptors (Lipinski definition) is 4. The van der Waals surface area contributed by atoms with Gasteiger partial charge in [0, 0.05) is 29.7 Å². The first kappa shape index (κ1) is 15.3. The molecule has 118 valence electrons. The van der Waals surface area contributed by atoms with Gasteiger partial charge >= 0.3 is 6.18 Å². The lowest BCUT2D eigenvalue weighted by molar-refractivity contribution is -0.137. The minimum atomic E-state index is -4.39. The molecule has 7 heteroatoms. The van der Waals surface area contributed by atoms with E-state index in [9.17, 15) is 13.2 Å². The summed E-state index contributed by atoms with van der Waals surface area (Å²) in [6.45, 7) is 3.67. The minimum Gasteiger partial charge on any atom is -0.378 e. The van der Waals surface area contributed by atoms with Gasteiger partial charge in [-0.05, 0) is 19.1 Å². The lowest BCUT2D eigenvalue weighted by Gasteiger charge is -2.31. The topological polar surface area (TPSA) is 25.4 Å². The molecular formula is C15H15F3N2OS. The van der Waals surface area contributed by atoms with Crippen LogP contribution in [0.1, 0.15) is 10.6 Å². The van der Waals surface area contributed by atoms with Crippen molar-refractivity contribution < 1.29 is 17.9 Å². The monoisotopic (exact) mass is 328 g/mol. The summed E-state index contributed by atoms with van der Waals surface area (Å²) in [5.41, 5.74) is 0.680. The van der Waals surface area contributed by atoms with Crippen LogP contribution in [0, 0.1) is 6.92 Å². The Morgan fingerprint density at radius 3 is 2.55 bits per heavy atom. The number of halogens is 3. The maximum absolute atomic E-state index is 13.4. The summed E-state index contributed by atoms with van der Waals surface area (Å²) < 4.78 is 45.5. The summed E-state index contributed by atoms with van der Waals surface area (Å²) in [5.74, 6) is 0. The van der Waals surface area contributed by atoms with Gasteiger partial charge in [0.1, 0.15) is 0 Å². The van der Waals surface area contributed by atoms with Gasteiger partial charge in [-0.15, -0.1) is 11.3 Å². The fraction of sp³-hybridized carbons (Fsp3) is 0.400. The molecule has 2 heterocycles. The largest absolute Gasteiger partial charge is 0.418 e. The predicted octanol–water partition coefficient (Wildman–Crippen LogP) is 3.97. The van der Waals surface area contributed by atoms with Crippen molar-refractivity contribution in [3.05, 3.63) is 34.2 Å². The number of aryl methyl sites for hydroxylation is 1. The van der Waals surface area contributed by atoms with Crippen LogP contribution in [0.4, 0.5) is 18.9 Å². The Labute approximate surface area is 130 Å². The van der Waals surface area contributed by atoms with Crippen LogP contribution >= 0.6 is 11.3 Å². The Morgan fingerprint density at radius 2 is 1.95 bits per heavy atom. The summed E-state index contributed by atoms with van der Waals surface area (Å²) in [7, 11) is 0. The highest BCUT2D eigenvalue weighted by Crippen LogP contribution is 2.39. The van der Waals surface area contributed by atoms with Crippen LogP contribution in [-0.2, 0) is 10.9 Å². The van der Waals surface area contributed by atoms with Crippen molar-refractivity contribution in [3.8, 4) is 11.3 Å².